The van der Waals surface area contributed by atoms with E-state index in [0.717, 1.165) is 30.8 Å². The lowest BCUT2D eigenvalue weighted by molar-refractivity contribution is -0.140. The Morgan fingerprint density at radius 1 is 1.07 bits per heavy atom. The van der Waals surface area contributed by atoms with E-state index in [4.69, 9.17) is 4.74 Å². The number of aromatic nitrogens is 2. The molecule has 1 aromatic carbocycles. The molecule has 0 unspecified atom stereocenters. The first kappa shape index (κ1) is 18.7. The SMILES string of the molecule is Cc1ccnn1-c1ccc(C(=O)OCC(=O)N2CCC[C@H]3CCCC[C@@H]32)cc1. The molecular weight excluding hydrogens is 354 g/mol. The van der Waals surface area contributed by atoms with Crippen molar-refractivity contribution in [1.82, 2.24) is 14.7 Å². The molecule has 0 N–H and O–H groups in total. The Morgan fingerprint density at radius 2 is 1.82 bits per heavy atom. The molecule has 0 radical (unpaired) electrons. The Morgan fingerprint density at radius 3 is 2.57 bits per heavy atom. The summed E-state index contributed by atoms with van der Waals surface area (Å²) in [6.07, 6.45) is 8.76. The Labute approximate surface area is 165 Å². The van der Waals surface area contributed by atoms with Gasteiger partial charge in [0.2, 0.25) is 0 Å². The Hall–Kier alpha value is -2.63. The normalized spacial score (nSPS) is 21.8. The number of hydrogen-bond acceptors (Lipinski definition) is 4. The van der Waals surface area contributed by atoms with Crippen molar-refractivity contribution >= 4 is 11.9 Å². The lowest BCUT2D eigenvalue weighted by Crippen LogP contribution is -2.50. The maximum Gasteiger partial charge on any atom is 0.338 e. The number of esters is 1. The Balaban J connectivity index is 1.35. The van der Waals surface area contributed by atoms with Crippen LogP contribution in [0.4, 0.5) is 0 Å². The number of aryl methyl sites for hydroxylation is 1. The van der Waals surface area contributed by atoms with Gasteiger partial charge in [-0.1, -0.05) is 12.8 Å². The van der Waals surface area contributed by atoms with E-state index >= 15 is 0 Å². The van der Waals surface area contributed by atoms with Crippen molar-refractivity contribution in [2.24, 2.45) is 5.92 Å². The lowest BCUT2D eigenvalue weighted by Gasteiger charge is -2.44. The average molecular weight is 381 g/mol. The number of likely N-dealkylation sites (tertiary alicyclic amines) is 1. The van der Waals surface area contributed by atoms with Crippen molar-refractivity contribution in [3.05, 3.63) is 47.8 Å². The standard InChI is InChI=1S/C22H27N3O3/c1-16-12-13-23-25(16)19-10-8-18(9-11-19)22(27)28-15-21(26)24-14-4-6-17-5-2-3-7-20(17)24/h8-13,17,20H,2-7,14-15H2,1H3/t17-,20+/m1/s1. The quantitative estimate of drug-likeness (QED) is 0.760. The van der Waals surface area contributed by atoms with Gasteiger partial charge in [-0.15, -0.1) is 0 Å². The van der Waals surface area contributed by atoms with Gasteiger partial charge >= 0.3 is 5.97 Å². The van der Waals surface area contributed by atoms with Crippen LogP contribution in [0, 0.1) is 12.8 Å². The third kappa shape index (κ3) is 3.81. The summed E-state index contributed by atoms with van der Waals surface area (Å²) in [5.41, 5.74) is 2.34. The molecule has 1 aliphatic carbocycles. The molecular formula is C22H27N3O3. The fraction of sp³-hybridized carbons (Fsp3) is 0.500. The van der Waals surface area contributed by atoms with Crippen molar-refractivity contribution in [3.63, 3.8) is 0 Å². The second-order valence-electron chi connectivity index (χ2n) is 7.85. The van der Waals surface area contributed by atoms with E-state index in [0.29, 0.717) is 17.5 Å². The minimum atomic E-state index is -0.464. The first-order valence-corrected chi connectivity index (χ1v) is 10.2. The van der Waals surface area contributed by atoms with Crippen molar-refractivity contribution < 1.29 is 14.3 Å². The van der Waals surface area contributed by atoms with Crippen LogP contribution in [0.3, 0.4) is 0 Å². The third-order valence-electron chi connectivity index (χ3n) is 6.07. The summed E-state index contributed by atoms with van der Waals surface area (Å²) in [4.78, 5) is 27.0. The molecule has 0 bridgehead atoms. The van der Waals surface area contributed by atoms with E-state index in [1.165, 1.54) is 25.7 Å². The fourth-order valence-electron chi connectivity index (χ4n) is 4.61. The number of amides is 1. The van der Waals surface area contributed by atoms with Crippen LogP contribution in [0.5, 0.6) is 0 Å². The number of carbonyl (C=O) groups excluding carboxylic acids is 2. The van der Waals surface area contributed by atoms with E-state index < -0.39 is 5.97 Å². The minimum absolute atomic E-state index is 0.0614. The molecule has 2 fully saturated rings. The number of carbonyl (C=O) groups is 2. The molecule has 4 rings (SSSR count). The van der Waals surface area contributed by atoms with E-state index in [-0.39, 0.29) is 12.5 Å². The average Bonchev–Trinajstić information content (AvgIpc) is 3.17. The highest BCUT2D eigenvalue weighted by Crippen LogP contribution is 2.35. The van der Waals surface area contributed by atoms with Crippen LogP contribution in [0.15, 0.2) is 36.5 Å². The first-order chi connectivity index (χ1) is 13.6. The highest BCUT2D eigenvalue weighted by molar-refractivity contribution is 5.91. The number of ether oxygens (including phenoxy) is 1. The van der Waals surface area contributed by atoms with Crippen molar-refractivity contribution in [3.8, 4) is 5.69 Å². The zero-order chi connectivity index (χ0) is 19.5. The molecule has 1 aliphatic heterocycles. The zero-order valence-corrected chi connectivity index (χ0v) is 16.3. The van der Waals surface area contributed by atoms with E-state index in [9.17, 15) is 9.59 Å². The fourth-order valence-corrected chi connectivity index (χ4v) is 4.61. The van der Waals surface area contributed by atoms with Gasteiger partial charge in [0.15, 0.2) is 6.61 Å². The molecule has 2 aromatic rings. The van der Waals surface area contributed by atoms with Gasteiger partial charge in [-0.25, -0.2) is 9.48 Å². The number of nitrogens with zero attached hydrogens (tertiary/aromatic N) is 3. The van der Waals surface area contributed by atoms with Crippen LogP contribution in [-0.2, 0) is 9.53 Å². The van der Waals surface area contributed by atoms with Crippen LogP contribution in [-0.4, -0.2) is 45.8 Å². The molecule has 6 nitrogen and oxygen atoms in total. The molecule has 1 saturated carbocycles. The summed E-state index contributed by atoms with van der Waals surface area (Å²) >= 11 is 0. The topological polar surface area (TPSA) is 64.4 Å². The number of benzene rings is 1. The van der Waals surface area contributed by atoms with Crippen LogP contribution in [0.25, 0.3) is 5.69 Å². The van der Waals surface area contributed by atoms with E-state index in [1.807, 2.05) is 30.0 Å². The van der Waals surface area contributed by atoms with Crippen molar-refractivity contribution in [2.45, 2.75) is 51.5 Å². The van der Waals surface area contributed by atoms with Crippen LogP contribution in [0.1, 0.15) is 54.6 Å². The van der Waals surface area contributed by atoms with Gasteiger partial charge in [0.25, 0.3) is 5.91 Å². The molecule has 28 heavy (non-hydrogen) atoms. The second kappa shape index (κ2) is 8.17. The summed E-state index contributed by atoms with van der Waals surface area (Å²) in [5.74, 6) is 0.100. The minimum Gasteiger partial charge on any atom is -0.452 e. The van der Waals surface area contributed by atoms with E-state index in [1.54, 1.807) is 23.0 Å². The molecule has 2 atom stereocenters. The molecule has 1 aromatic heterocycles. The largest absolute Gasteiger partial charge is 0.452 e. The summed E-state index contributed by atoms with van der Waals surface area (Å²) in [7, 11) is 0. The Kier molecular flexibility index (Phi) is 5.46. The van der Waals surface area contributed by atoms with Gasteiger partial charge in [-0.05, 0) is 68.9 Å². The number of piperidine rings is 1. The van der Waals surface area contributed by atoms with Gasteiger partial charge in [0, 0.05) is 24.5 Å². The highest BCUT2D eigenvalue weighted by Gasteiger charge is 2.35. The predicted octanol–water partition coefficient (Wildman–Crippen LogP) is 3.52. The number of rotatable bonds is 4. The van der Waals surface area contributed by atoms with Gasteiger partial charge in [0.05, 0.1) is 11.3 Å². The maximum absolute atomic E-state index is 12.7. The molecule has 2 heterocycles. The van der Waals surface area contributed by atoms with Gasteiger partial charge in [-0.3, -0.25) is 4.79 Å². The lowest BCUT2D eigenvalue weighted by atomic mass is 9.78. The Bertz CT molecular complexity index is 841. The molecule has 2 aliphatic rings. The predicted molar refractivity (Wildman–Crippen MR) is 105 cm³/mol. The number of hydrogen-bond donors (Lipinski definition) is 0. The van der Waals surface area contributed by atoms with E-state index in [2.05, 4.69) is 5.10 Å². The molecule has 148 valence electrons. The highest BCUT2D eigenvalue weighted by atomic mass is 16.5. The van der Waals surface area contributed by atoms with Gasteiger partial charge < -0.3 is 9.64 Å². The van der Waals surface area contributed by atoms with Gasteiger partial charge in [0.1, 0.15) is 0 Å². The van der Waals surface area contributed by atoms with Crippen molar-refractivity contribution in [1.29, 1.82) is 0 Å². The van der Waals surface area contributed by atoms with Crippen molar-refractivity contribution in [2.75, 3.05) is 13.2 Å². The maximum atomic E-state index is 12.7. The number of fused-ring (bicyclic) bond motifs is 1. The smallest absolute Gasteiger partial charge is 0.338 e. The molecule has 6 heteroatoms. The molecule has 0 spiro atoms. The first-order valence-electron chi connectivity index (χ1n) is 10.2. The summed E-state index contributed by atoms with van der Waals surface area (Å²) < 4.78 is 7.13. The summed E-state index contributed by atoms with van der Waals surface area (Å²) in [5, 5.41) is 4.26. The summed E-state index contributed by atoms with van der Waals surface area (Å²) in [6, 6.07) is 9.34. The molecule has 1 amide bonds. The van der Waals surface area contributed by atoms with Gasteiger partial charge in [-0.2, -0.15) is 5.10 Å². The monoisotopic (exact) mass is 381 g/mol. The third-order valence-corrected chi connectivity index (χ3v) is 6.07. The second-order valence-corrected chi connectivity index (χ2v) is 7.85. The zero-order valence-electron chi connectivity index (χ0n) is 16.3. The van der Waals surface area contributed by atoms with Crippen LogP contribution >= 0.6 is 0 Å². The van der Waals surface area contributed by atoms with Crippen LogP contribution < -0.4 is 0 Å². The molecule has 1 saturated heterocycles. The summed E-state index contributed by atoms with van der Waals surface area (Å²) in [6.45, 7) is 2.58. The van der Waals surface area contributed by atoms with Crippen LogP contribution in [0.2, 0.25) is 0 Å².